The van der Waals surface area contributed by atoms with Crippen molar-refractivity contribution < 1.29 is 8.42 Å². The van der Waals surface area contributed by atoms with Crippen LogP contribution in [-0.2, 0) is 22.8 Å². The first-order valence-electron chi connectivity index (χ1n) is 8.48. The second-order valence-electron chi connectivity index (χ2n) is 6.90. The van der Waals surface area contributed by atoms with E-state index in [2.05, 4.69) is 0 Å². The van der Waals surface area contributed by atoms with E-state index in [0.717, 1.165) is 5.56 Å². The lowest BCUT2D eigenvalue weighted by Crippen LogP contribution is -2.37. The summed E-state index contributed by atoms with van der Waals surface area (Å²) in [7, 11) is 1.86. The number of likely N-dealkylation sites (N-methyl/N-ethyl adjacent to an activating group) is 1. The summed E-state index contributed by atoms with van der Waals surface area (Å²) in [5, 5.41) is 0. The summed E-state index contributed by atoms with van der Waals surface area (Å²) < 4.78 is 29.2. The van der Waals surface area contributed by atoms with Crippen molar-refractivity contribution in [2.45, 2.75) is 19.6 Å². The van der Waals surface area contributed by atoms with Crippen LogP contribution in [0, 0.1) is 13.8 Å². The lowest BCUT2D eigenvalue weighted by molar-refractivity contribution is 0.419. The number of rotatable bonds is 7. The Labute approximate surface area is 155 Å². The van der Waals surface area contributed by atoms with Crippen molar-refractivity contribution in [1.82, 2.24) is 9.47 Å². The molecule has 0 saturated heterocycles. The van der Waals surface area contributed by atoms with Gasteiger partial charge >= 0.3 is 0 Å². The van der Waals surface area contributed by atoms with Gasteiger partial charge in [0.2, 0.25) is 10.0 Å². The first-order valence-corrected chi connectivity index (χ1v) is 10.1. The maximum Gasteiger partial charge on any atom is 0.250 e. The third-order valence-corrected chi connectivity index (χ3v) is 6.03. The van der Waals surface area contributed by atoms with Crippen molar-refractivity contribution in [3.8, 4) is 0 Å². The monoisotopic (exact) mass is 377 g/mol. The standard InChI is InChI=1S/C19H27N3O3S/c1-15-6-8-18(9-7-15)22(11-10-20(3)4)26(24,25)14-17-13-21(5)19(23)12-16(17)2/h6-9,12-13H,10-11,14H2,1-5H3. The quantitative estimate of drug-likeness (QED) is 0.739. The van der Waals surface area contributed by atoms with Crippen LogP contribution in [0.15, 0.2) is 41.3 Å². The van der Waals surface area contributed by atoms with Crippen LogP contribution in [0.3, 0.4) is 0 Å². The van der Waals surface area contributed by atoms with Gasteiger partial charge in [0, 0.05) is 32.4 Å². The molecule has 0 unspecified atom stereocenters. The van der Waals surface area contributed by atoms with Gasteiger partial charge in [-0.15, -0.1) is 0 Å². The number of nitrogens with zero attached hydrogens (tertiary/aromatic N) is 3. The highest BCUT2D eigenvalue weighted by atomic mass is 32.2. The molecule has 142 valence electrons. The molecule has 0 saturated carbocycles. The van der Waals surface area contributed by atoms with E-state index in [1.54, 1.807) is 20.2 Å². The van der Waals surface area contributed by atoms with Crippen molar-refractivity contribution in [3.63, 3.8) is 0 Å². The Morgan fingerprint density at radius 1 is 1.04 bits per heavy atom. The molecule has 2 aromatic rings. The molecule has 26 heavy (non-hydrogen) atoms. The van der Waals surface area contributed by atoms with Gasteiger partial charge in [-0.05, 0) is 51.2 Å². The minimum absolute atomic E-state index is 0.145. The van der Waals surface area contributed by atoms with E-state index in [4.69, 9.17) is 0 Å². The Morgan fingerprint density at radius 3 is 2.23 bits per heavy atom. The summed E-state index contributed by atoms with van der Waals surface area (Å²) in [6, 6.07) is 8.95. The Hall–Kier alpha value is -2.12. The summed E-state index contributed by atoms with van der Waals surface area (Å²) in [6.45, 7) is 4.71. The molecule has 0 bridgehead atoms. The number of anilines is 1. The molecule has 0 spiro atoms. The van der Waals surface area contributed by atoms with E-state index in [0.29, 0.717) is 29.9 Å². The average Bonchev–Trinajstić information content (AvgIpc) is 2.53. The maximum atomic E-state index is 13.2. The predicted molar refractivity (Wildman–Crippen MR) is 106 cm³/mol. The third kappa shape index (κ3) is 4.95. The number of hydrogen-bond donors (Lipinski definition) is 0. The summed E-state index contributed by atoms with van der Waals surface area (Å²) in [5.41, 5.74) is 2.90. The van der Waals surface area contributed by atoms with Crippen molar-refractivity contribution >= 4 is 15.7 Å². The van der Waals surface area contributed by atoms with Gasteiger partial charge in [0.15, 0.2) is 0 Å². The fourth-order valence-electron chi connectivity index (χ4n) is 2.64. The smallest absolute Gasteiger partial charge is 0.250 e. The number of pyridine rings is 1. The molecule has 1 aromatic carbocycles. The number of aryl methyl sites for hydroxylation is 3. The van der Waals surface area contributed by atoms with Crippen LogP contribution < -0.4 is 9.86 Å². The van der Waals surface area contributed by atoms with Crippen molar-refractivity contribution in [1.29, 1.82) is 0 Å². The molecule has 0 aliphatic carbocycles. The molecule has 0 radical (unpaired) electrons. The van der Waals surface area contributed by atoms with Gasteiger partial charge in [-0.25, -0.2) is 8.42 Å². The van der Waals surface area contributed by atoms with E-state index in [9.17, 15) is 13.2 Å². The second-order valence-corrected chi connectivity index (χ2v) is 8.79. The Bertz CT molecular complexity index is 916. The van der Waals surface area contributed by atoms with Gasteiger partial charge in [0.1, 0.15) is 0 Å². The van der Waals surface area contributed by atoms with Crippen molar-refractivity contribution in [2.75, 3.05) is 31.5 Å². The fourth-order valence-corrected chi connectivity index (χ4v) is 4.29. The highest BCUT2D eigenvalue weighted by molar-refractivity contribution is 7.92. The minimum atomic E-state index is -3.60. The average molecular weight is 378 g/mol. The number of benzene rings is 1. The first kappa shape index (κ1) is 20.2. The molecule has 1 aromatic heterocycles. The molecule has 7 heteroatoms. The normalized spacial score (nSPS) is 11.8. The van der Waals surface area contributed by atoms with Crippen LogP contribution in [0.25, 0.3) is 0 Å². The van der Waals surface area contributed by atoms with E-state index in [1.807, 2.05) is 50.2 Å². The van der Waals surface area contributed by atoms with Crippen LogP contribution in [-0.4, -0.2) is 45.1 Å². The Morgan fingerprint density at radius 2 is 1.65 bits per heavy atom. The lowest BCUT2D eigenvalue weighted by atomic mass is 10.2. The fraction of sp³-hybridized carbons (Fsp3) is 0.421. The zero-order valence-corrected chi connectivity index (χ0v) is 16.9. The minimum Gasteiger partial charge on any atom is -0.318 e. The van der Waals surface area contributed by atoms with E-state index >= 15 is 0 Å². The Balaban J connectivity index is 2.40. The van der Waals surface area contributed by atoms with Crippen LogP contribution in [0.4, 0.5) is 5.69 Å². The molecule has 0 fully saturated rings. The molecule has 0 N–H and O–H groups in total. The van der Waals surface area contributed by atoms with Crippen LogP contribution in [0.5, 0.6) is 0 Å². The van der Waals surface area contributed by atoms with Gasteiger partial charge in [0.05, 0.1) is 11.4 Å². The van der Waals surface area contributed by atoms with Crippen LogP contribution in [0.2, 0.25) is 0 Å². The van der Waals surface area contributed by atoms with E-state index in [-0.39, 0.29) is 11.3 Å². The largest absolute Gasteiger partial charge is 0.318 e. The summed E-state index contributed by atoms with van der Waals surface area (Å²) in [5.74, 6) is -0.145. The second kappa shape index (κ2) is 8.05. The lowest BCUT2D eigenvalue weighted by Gasteiger charge is -2.26. The number of sulfonamides is 1. The number of hydrogen-bond acceptors (Lipinski definition) is 4. The van der Waals surface area contributed by atoms with Gasteiger partial charge < -0.3 is 9.47 Å². The molecule has 0 aliphatic heterocycles. The molecule has 6 nitrogen and oxygen atoms in total. The molecular formula is C19H27N3O3S. The van der Waals surface area contributed by atoms with Crippen molar-refractivity contribution in [3.05, 3.63) is 63.6 Å². The van der Waals surface area contributed by atoms with Crippen LogP contribution in [0.1, 0.15) is 16.7 Å². The summed E-state index contributed by atoms with van der Waals surface area (Å²) in [6.07, 6.45) is 1.61. The third-order valence-electron chi connectivity index (χ3n) is 4.29. The van der Waals surface area contributed by atoms with E-state index in [1.165, 1.54) is 14.9 Å². The topological polar surface area (TPSA) is 62.6 Å². The zero-order chi connectivity index (χ0) is 19.5. The SMILES string of the molecule is Cc1ccc(N(CCN(C)C)S(=O)(=O)Cc2cn(C)c(=O)cc2C)cc1. The van der Waals surface area contributed by atoms with Gasteiger partial charge in [-0.1, -0.05) is 17.7 Å². The zero-order valence-electron chi connectivity index (χ0n) is 16.1. The molecular weight excluding hydrogens is 350 g/mol. The highest BCUT2D eigenvalue weighted by Crippen LogP contribution is 2.22. The van der Waals surface area contributed by atoms with E-state index < -0.39 is 10.0 Å². The van der Waals surface area contributed by atoms with Crippen molar-refractivity contribution in [2.24, 2.45) is 7.05 Å². The molecule has 2 rings (SSSR count). The molecule has 0 amide bonds. The summed E-state index contributed by atoms with van der Waals surface area (Å²) >= 11 is 0. The Kier molecular flexibility index (Phi) is 6.26. The molecule has 0 atom stereocenters. The number of aromatic nitrogens is 1. The van der Waals surface area contributed by atoms with Gasteiger partial charge in [0.25, 0.3) is 5.56 Å². The van der Waals surface area contributed by atoms with Gasteiger partial charge in [-0.3, -0.25) is 9.10 Å². The van der Waals surface area contributed by atoms with Crippen LogP contribution >= 0.6 is 0 Å². The first-order chi connectivity index (χ1) is 12.1. The molecule has 1 heterocycles. The summed E-state index contributed by atoms with van der Waals surface area (Å²) in [4.78, 5) is 13.7. The maximum absolute atomic E-state index is 13.2. The molecule has 0 aliphatic rings. The highest BCUT2D eigenvalue weighted by Gasteiger charge is 2.24. The predicted octanol–water partition coefficient (Wildman–Crippen LogP) is 1.90. The van der Waals surface area contributed by atoms with Gasteiger partial charge in [-0.2, -0.15) is 0 Å².